The number of halogens is 1. The predicted molar refractivity (Wildman–Crippen MR) is 103 cm³/mol. The van der Waals surface area contributed by atoms with Crippen molar-refractivity contribution in [3.63, 3.8) is 0 Å². The molecule has 0 N–H and O–H groups in total. The first kappa shape index (κ1) is 16.3. The van der Waals surface area contributed by atoms with Crippen molar-refractivity contribution in [1.82, 2.24) is 14.9 Å². The van der Waals surface area contributed by atoms with Crippen molar-refractivity contribution in [2.24, 2.45) is 7.05 Å². The maximum absolute atomic E-state index is 12.4. The average Bonchev–Trinajstić information content (AvgIpc) is 3.09. The summed E-state index contributed by atoms with van der Waals surface area (Å²) in [5, 5.41) is 9.67. The molecular weight excluding hydrogens is 350 g/mol. The summed E-state index contributed by atoms with van der Waals surface area (Å²) in [6, 6.07) is 17.1. The summed E-state index contributed by atoms with van der Waals surface area (Å²) >= 11 is 5.91. The fourth-order valence-electron chi connectivity index (χ4n) is 2.73. The lowest BCUT2D eigenvalue weighted by Crippen LogP contribution is -2.20. The van der Waals surface area contributed by atoms with E-state index in [1.54, 1.807) is 13.1 Å². The van der Waals surface area contributed by atoms with Crippen LogP contribution < -0.4 is 5.56 Å². The molecule has 2 aromatic heterocycles. The van der Waals surface area contributed by atoms with Gasteiger partial charge in [0.1, 0.15) is 5.69 Å². The van der Waals surface area contributed by atoms with Crippen LogP contribution in [0.3, 0.4) is 0 Å². The molecule has 0 spiro atoms. The van der Waals surface area contributed by atoms with E-state index in [9.17, 15) is 4.79 Å². The number of aryl methyl sites for hydroxylation is 1. The summed E-state index contributed by atoms with van der Waals surface area (Å²) in [5.74, 6) is 0.485. The number of hydrogen-bond donors (Lipinski definition) is 0. The third-order valence-corrected chi connectivity index (χ3v) is 4.30. The number of nitrogens with zero attached hydrogens (tertiary/aromatic N) is 3. The molecule has 2 heterocycles. The molecule has 0 aliphatic carbocycles. The minimum atomic E-state index is -0.297. The Morgan fingerprint density at radius 1 is 1.04 bits per heavy atom. The minimum absolute atomic E-state index is 0.261. The van der Waals surface area contributed by atoms with Gasteiger partial charge in [0, 0.05) is 17.6 Å². The second kappa shape index (κ2) is 6.61. The van der Waals surface area contributed by atoms with Crippen molar-refractivity contribution in [2.45, 2.75) is 0 Å². The largest absolute Gasteiger partial charge is 0.355 e. The highest BCUT2D eigenvalue weighted by Crippen LogP contribution is 2.28. The van der Waals surface area contributed by atoms with Crippen LogP contribution in [0.25, 0.3) is 34.3 Å². The number of rotatable bonds is 3. The van der Waals surface area contributed by atoms with Crippen LogP contribution in [-0.4, -0.2) is 14.9 Å². The summed E-state index contributed by atoms with van der Waals surface area (Å²) in [7, 11) is 1.60. The molecule has 4 rings (SSSR count). The molecule has 4 aromatic rings. The van der Waals surface area contributed by atoms with Gasteiger partial charge in [0.05, 0.1) is 5.39 Å². The molecular formula is C20H14ClN3O2. The molecule has 6 heteroatoms. The zero-order valence-electron chi connectivity index (χ0n) is 13.9. The molecule has 128 valence electrons. The maximum atomic E-state index is 12.4. The zero-order valence-corrected chi connectivity index (χ0v) is 14.6. The van der Waals surface area contributed by atoms with Gasteiger partial charge in [-0.25, -0.2) is 4.68 Å². The monoisotopic (exact) mass is 363 g/mol. The molecule has 0 aliphatic heterocycles. The van der Waals surface area contributed by atoms with Crippen molar-refractivity contribution in [3.05, 3.63) is 81.3 Å². The molecule has 26 heavy (non-hydrogen) atoms. The van der Waals surface area contributed by atoms with Crippen LogP contribution in [0.1, 0.15) is 11.3 Å². The topological polar surface area (TPSA) is 60.9 Å². The molecule has 0 fully saturated rings. The molecule has 0 atom stereocenters. The van der Waals surface area contributed by atoms with E-state index in [0.29, 0.717) is 21.9 Å². The Morgan fingerprint density at radius 2 is 1.77 bits per heavy atom. The molecule has 0 saturated carbocycles. The zero-order chi connectivity index (χ0) is 18.1. The van der Waals surface area contributed by atoms with Crippen molar-refractivity contribution in [2.75, 3.05) is 0 Å². The van der Waals surface area contributed by atoms with E-state index < -0.39 is 0 Å². The predicted octanol–water partition coefficient (Wildman–Crippen LogP) is 4.41. The van der Waals surface area contributed by atoms with E-state index in [2.05, 4.69) is 10.3 Å². The number of hydrogen-bond acceptors (Lipinski definition) is 4. The Bertz CT molecular complexity index is 1160. The first-order chi connectivity index (χ1) is 12.6. The van der Waals surface area contributed by atoms with Gasteiger partial charge in [-0.05, 0) is 23.8 Å². The summed E-state index contributed by atoms with van der Waals surface area (Å²) < 4.78 is 6.72. The first-order valence-electron chi connectivity index (χ1n) is 7.99. The first-order valence-corrected chi connectivity index (χ1v) is 8.37. The minimum Gasteiger partial charge on any atom is -0.355 e. The lowest BCUT2D eigenvalue weighted by molar-refractivity contribution is 0.420. The van der Waals surface area contributed by atoms with Crippen LogP contribution in [0.4, 0.5) is 0 Å². The Balaban J connectivity index is 1.90. The van der Waals surface area contributed by atoms with Crippen LogP contribution in [-0.2, 0) is 7.05 Å². The fourth-order valence-corrected chi connectivity index (χ4v) is 2.86. The average molecular weight is 364 g/mol. The van der Waals surface area contributed by atoms with Crippen molar-refractivity contribution < 1.29 is 4.52 Å². The standard InChI is InChI=1S/C20H14ClN3O2/c1-24-20(25)19-17(18(22-24)14-5-3-2-4-6-14)16(26-23-19)12-9-13-7-10-15(21)11-8-13/h2-12H,1H3. The molecule has 0 unspecified atom stereocenters. The van der Waals surface area contributed by atoms with Gasteiger partial charge < -0.3 is 4.52 Å². The molecule has 0 radical (unpaired) electrons. The van der Waals surface area contributed by atoms with Crippen LogP contribution in [0.5, 0.6) is 0 Å². The summed E-state index contributed by atoms with van der Waals surface area (Å²) in [6.07, 6.45) is 3.66. The number of aromatic nitrogens is 3. The van der Waals surface area contributed by atoms with E-state index >= 15 is 0 Å². The van der Waals surface area contributed by atoms with Gasteiger partial charge in [-0.1, -0.05) is 65.3 Å². The second-order valence-electron chi connectivity index (χ2n) is 5.80. The lowest BCUT2D eigenvalue weighted by atomic mass is 10.1. The maximum Gasteiger partial charge on any atom is 0.296 e. The fraction of sp³-hybridized carbons (Fsp3) is 0.0500. The van der Waals surface area contributed by atoms with Gasteiger partial charge in [0.25, 0.3) is 5.56 Å². The molecule has 5 nitrogen and oxygen atoms in total. The van der Waals surface area contributed by atoms with Crippen molar-refractivity contribution in [1.29, 1.82) is 0 Å². The molecule has 0 amide bonds. The van der Waals surface area contributed by atoms with E-state index in [4.69, 9.17) is 16.1 Å². The van der Waals surface area contributed by atoms with Crippen LogP contribution in [0, 0.1) is 0 Å². The summed E-state index contributed by atoms with van der Waals surface area (Å²) in [5.41, 5.74) is 2.46. The van der Waals surface area contributed by atoms with E-state index in [1.165, 1.54) is 4.68 Å². The highest BCUT2D eigenvalue weighted by atomic mass is 35.5. The highest BCUT2D eigenvalue weighted by molar-refractivity contribution is 6.30. The molecule has 2 aromatic carbocycles. The number of benzene rings is 2. The van der Waals surface area contributed by atoms with Crippen LogP contribution >= 0.6 is 11.6 Å². The third-order valence-electron chi connectivity index (χ3n) is 4.05. The second-order valence-corrected chi connectivity index (χ2v) is 6.24. The van der Waals surface area contributed by atoms with Gasteiger partial charge in [0.2, 0.25) is 0 Å². The van der Waals surface area contributed by atoms with Crippen LogP contribution in [0.2, 0.25) is 5.02 Å². The summed E-state index contributed by atoms with van der Waals surface area (Å²) in [6.45, 7) is 0. The quantitative estimate of drug-likeness (QED) is 0.541. The van der Waals surface area contributed by atoms with Crippen LogP contribution in [0.15, 0.2) is 63.9 Å². The van der Waals surface area contributed by atoms with Gasteiger partial charge in [-0.2, -0.15) is 5.10 Å². The molecule has 0 bridgehead atoms. The Morgan fingerprint density at radius 3 is 2.50 bits per heavy atom. The highest BCUT2D eigenvalue weighted by Gasteiger charge is 2.18. The SMILES string of the molecule is Cn1nc(-c2ccccc2)c2c(C=Cc3ccc(Cl)cc3)onc2c1=O. The van der Waals surface area contributed by atoms with E-state index in [1.807, 2.05) is 60.7 Å². The Kier molecular flexibility index (Phi) is 4.14. The van der Waals surface area contributed by atoms with Gasteiger partial charge in [0.15, 0.2) is 11.3 Å². The van der Waals surface area contributed by atoms with Crippen molar-refractivity contribution >= 4 is 34.7 Å². The van der Waals surface area contributed by atoms with Gasteiger partial charge >= 0.3 is 0 Å². The van der Waals surface area contributed by atoms with Crippen molar-refractivity contribution in [3.8, 4) is 11.3 Å². The third kappa shape index (κ3) is 2.93. The van der Waals surface area contributed by atoms with Gasteiger partial charge in [-0.15, -0.1) is 0 Å². The molecule has 0 saturated heterocycles. The lowest BCUT2D eigenvalue weighted by Gasteiger charge is -2.04. The van der Waals surface area contributed by atoms with E-state index in [-0.39, 0.29) is 11.1 Å². The summed E-state index contributed by atoms with van der Waals surface area (Å²) in [4.78, 5) is 12.4. The molecule has 0 aliphatic rings. The Labute approximate surface area is 154 Å². The van der Waals surface area contributed by atoms with Gasteiger partial charge in [-0.3, -0.25) is 4.79 Å². The Hall–Kier alpha value is -3.18. The number of fused-ring (bicyclic) bond motifs is 1. The van der Waals surface area contributed by atoms with E-state index in [0.717, 1.165) is 11.1 Å². The smallest absolute Gasteiger partial charge is 0.296 e. The normalized spacial score (nSPS) is 11.5.